The first kappa shape index (κ1) is 16.3. The van der Waals surface area contributed by atoms with E-state index in [2.05, 4.69) is 47.3 Å². The minimum Gasteiger partial charge on any atom is -0.394 e. The van der Waals surface area contributed by atoms with E-state index in [1.165, 1.54) is 5.56 Å². The van der Waals surface area contributed by atoms with Crippen molar-refractivity contribution in [2.45, 2.75) is 43.8 Å². The van der Waals surface area contributed by atoms with E-state index in [1.54, 1.807) is 11.8 Å². The molecule has 0 fully saturated rings. The van der Waals surface area contributed by atoms with Crippen molar-refractivity contribution in [1.29, 1.82) is 0 Å². The Kier molecular flexibility index (Phi) is 5.67. The topological polar surface area (TPSA) is 60.9 Å². The summed E-state index contributed by atoms with van der Waals surface area (Å²) in [7, 11) is 1.93. The number of imidazole rings is 1. The second-order valence-corrected chi connectivity index (χ2v) is 6.64. The lowest BCUT2D eigenvalue weighted by molar-refractivity contribution is 0.154. The average molecular weight is 307 g/mol. The number of fused-ring (bicyclic) bond motifs is 1. The van der Waals surface area contributed by atoms with E-state index in [-0.39, 0.29) is 12.1 Å². The van der Waals surface area contributed by atoms with E-state index < -0.39 is 0 Å². The first-order chi connectivity index (χ1) is 10.1. The first-order valence-electron chi connectivity index (χ1n) is 7.51. The monoisotopic (exact) mass is 307 g/mol. The lowest BCUT2D eigenvalue weighted by Gasteiger charge is -2.30. The molecule has 3 N–H and O–H groups in total. The van der Waals surface area contributed by atoms with Gasteiger partial charge in [-0.2, -0.15) is 0 Å². The molecule has 0 amide bonds. The maximum Gasteiger partial charge on any atom is 0.166 e. The number of nitrogens with one attached hydrogen (secondary N) is 2. The van der Waals surface area contributed by atoms with Crippen molar-refractivity contribution in [3.05, 3.63) is 23.8 Å². The Hall–Kier alpha value is -1.04. The molecular formula is C16H25N3OS. The molecule has 21 heavy (non-hydrogen) atoms. The normalized spacial score (nSPS) is 14.5. The summed E-state index contributed by atoms with van der Waals surface area (Å²) in [6, 6.07) is 6.27. The number of aliphatic hydroxyl groups is 1. The zero-order chi connectivity index (χ0) is 15.3. The molecule has 0 aliphatic heterocycles. The Morgan fingerprint density at radius 3 is 2.90 bits per heavy atom. The molecule has 1 unspecified atom stereocenters. The van der Waals surface area contributed by atoms with Crippen molar-refractivity contribution >= 4 is 22.8 Å². The van der Waals surface area contributed by atoms with Gasteiger partial charge < -0.3 is 15.4 Å². The predicted octanol–water partition coefficient (Wildman–Crippen LogP) is 3.10. The van der Waals surface area contributed by atoms with Crippen LogP contribution in [-0.4, -0.2) is 40.0 Å². The van der Waals surface area contributed by atoms with E-state index in [4.69, 9.17) is 0 Å². The van der Waals surface area contributed by atoms with Gasteiger partial charge in [-0.15, -0.1) is 0 Å². The molecule has 1 aromatic heterocycles. The van der Waals surface area contributed by atoms with Crippen molar-refractivity contribution in [2.75, 3.05) is 19.4 Å². The Labute approximate surface area is 130 Å². The molecule has 2 rings (SSSR count). The molecule has 4 nitrogen and oxygen atoms in total. The Morgan fingerprint density at radius 1 is 1.43 bits per heavy atom. The number of nitrogens with zero attached hydrogens (tertiary/aromatic N) is 1. The molecule has 1 aromatic carbocycles. The van der Waals surface area contributed by atoms with E-state index in [9.17, 15) is 5.11 Å². The maximum absolute atomic E-state index is 9.53. The van der Waals surface area contributed by atoms with Crippen LogP contribution in [0.25, 0.3) is 11.0 Å². The summed E-state index contributed by atoms with van der Waals surface area (Å²) in [5.74, 6) is 1.00. The quantitative estimate of drug-likeness (QED) is 0.518. The zero-order valence-corrected chi connectivity index (χ0v) is 13.9. The largest absolute Gasteiger partial charge is 0.394 e. The van der Waals surface area contributed by atoms with Gasteiger partial charge in [-0.1, -0.05) is 24.8 Å². The van der Waals surface area contributed by atoms with Crippen molar-refractivity contribution in [2.24, 2.45) is 0 Å². The van der Waals surface area contributed by atoms with Crippen LogP contribution in [0, 0.1) is 6.92 Å². The number of likely N-dealkylation sites (N-methyl/N-ethyl adjacent to an activating group) is 1. The van der Waals surface area contributed by atoms with Gasteiger partial charge in [0.05, 0.1) is 17.6 Å². The standard InChI is InChI=1S/C16H25N3OS/c1-4-16(11-20,17-3)8-5-9-21-15-18-13-7-6-12(2)10-14(13)19-15/h6-7,10,17,20H,4-5,8-9,11H2,1-3H3,(H,18,19). The van der Waals surface area contributed by atoms with Gasteiger partial charge in [0.2, 0.25) is 0 Å². The summed E-state index contributed by atoms with van der Waals surface area (Å²) in [6.07, 6.45) is 2.97. The third-order valence-corrected chi connectivity index (χ3v) is 5.12. The Balaban J connectivity index is 1.87. The third-order valence-electron chi connectivity index (χ3n) is 4.16. The van der Waals surface area contributed by atoms with Crippen molar-refractivity contribution in [1.82, 2.24) is 15.3 Å². The molecule has 1 heterocycles. The van der Waals surface area contributed by atoms with Gasteiger partial charge in [0.15, 0.2) is 5.16 Å². The number of aromatic nitrogens is 2. The maximum atomic E-state index is 9.53. The molecular weight excluding hydrogens is 282 g/mol. The number of aliphatic hydroxyl groups excluding tert-OH is 1. The van der Waals surface area contributed by atoms with E-state index in [0.29, 0.717) is 0 Å². The van der Waals surface area contributed by atoms with Gasteiger partial charge in [-0.25, -0.2) is 4.98 Å². The number of hydrogen-bond donors (Lipinski definition) is 3. The number of benzene rings is 1. The lowest BCUT2D eigenvalue weighted by Crippen LogP contribution is -2.45. The van der Waals surface area contributed by atoms with Gasteiger partial charge in [0.1, 0.15) is 0 Å². The second kappa shape index (κ2) is 7.29. The summed E-state index contributed by atoms with van der Waals surface area (Å²) in [5.41, 5.74) is 3.24. The second-order valence-electron chi connectivity index (χ2n) is 5.56. The van der Waals surface area contributed by atoms with Crippen LogP contribution >= 0.6 is 11.8 Å². The number of aromatic amines is 1. The van der Waals surface area contributed by atoms with Crippen LogP contribution in [-0.2, 0) is 0 Å². The number of rotatable bonds is 8. The minimum atomic E-state index is -0.133. The predicted molar refractivity (Wildman–Crippen MR) is 90.0 cm³/mol. The van der Waals surface area contributed by atoms with Gasteiger partial charge >= 0.3 is 0 Å². The fraction of sp³-hybridized carbons (Fsp3) is 0.562. The smallest absolute Gasteiger partial charge is 0.166 e. The van der Waals surface area contributed by atoms with Gasteiger partial charge in [-0.05, 0) is 50.9 Å². The van der Waals surface area contributed by atoms with Crippen LogP contribution in [0.3, 0.4) is 0 Å². The number of aryl methyl sites for hydroxylation is 1. The summed E-state index contributed by atoms with van der Waals surface area (Å²) < 4.78 is 0. The summed E-state index contributed by atoms with van der Waals surface area (Å²) in [4.78, 5) is 7.95. The molecule has 0 aliphatic rings. The molecule has 0 radical (unpaired) electrons. The van der Waals surface area contributed by atoms with Crippen LogP contribution in [0.1, 0.15) is 31.7 Å². The Morgan fingerprint density at radius 2 is 2.24 bits per heavy atom. The molecule has 0 saturated heterocycles. The molecule has 116 valence electrons. The average Bonchev–Trinajstić information content (AvgIpc) is 2.90. The molecule has 5 heteroatoms. The Bertz CT molecular complexity index is 570. The number of thioether (sulfide) groups is 1. The van der Waals surface area contributed by atoms with E-state index >= 15 is 0 Å². The fourth-order valence-electron chi connectivity index (χ4n) is 2.50. The van der Waals surface area contributed by atoms with Crippen LogP contribution in [0.4, 0.5) is 0 Å². The SMILES string of the molecule is CCC(CO)(CCCSc1nc2ccc(C)cc2[nH]1)NC. The molecule has 0 spiro atoms. The van der Waals surface area contributed by atoms with Crippen molar-refractivity contribution < 1.29 is 5.11 Å². The molecule has 0 bridgehead atoms. The summed E-state index contributed by atoms with van der Waals surface area (Å²) in [5, 5.41) is 13.8. The van der Waals surface area contributed by atoms with E-state index in [1.807, 2.05) is 7.05 Å². The van der Waals surface area contributed by atoms with E-state index in [0.717, 1.165) is 41.2 Å². The number of hydrogen-bond acceptors (Lipinski definition) is 4. The minimum absolute atomic E-state index is 0.133. The highest BCUT2D eigenvalue weighted by Crippen LogP contribution is 2.23. The van der Waals surface area contributed by atoms with Crippen LogP contribution < -0.4 is 5.32 Å². The highest BCUT2D eigenvalue weighted by Gasteiger charge is 2.24. The van der Waals surface area contributed by atoms with Crippen LogP contribution in [0.15, 0.2) is 23.4 Å². The fourth-order valence-corrected chi connectivity index (χ4v) is 3.32. The number of H-pyrrole nitrogens is 1. The molecule has 1 atom stereocenters. The first-order valence-corrected chi connectivity index (χ1v) is 8.50. The molecule has 0 saturated carbocycles. The molecule has 2 aromatic rings. The highest BCUT2D eigenvalue weighted by molar-refractivity contribution is 7.99. The summed E-state index contributed by atoms with van der Waals surface area (Å²) in [6.45, 7) is 4.39. The van der Waals surface area contributed by atoms with Gasteiger partial charge in [-0.3, -0.25) is 0 Å². The van der Waals surface area contributed by atoms with Gasteiger partial charge in [0, 0.05) is 11.3 Å². The lowest BCUT2D eigenvalue weighted by atomic mass is 9.92. The summed E-state index contributed by atoms with van der Waals surface area (Å²) >= 11 is 1.75. The van der Waals surface area contributed by atoms with Gasteiger partial charge in [0.25, 0.3) is 0 Å². The van der Waals surface area contributed by atoms with Crippen molar-refractivity contribution in [3.63, 3.8) is 0 Å². The van der Waals surface area contributed by atoms with Crippen LogP contribution in [0.2, 0.25) is 0 Å². The third kappa shape index (κ3) is 3.99. The van der Waals surface area contributed by atoms with Crippen molar-refractivity contribution in [3.8, 4) is 0 Å². The zero-order valence-electron chi connectivity index (χ0n) is 13.1. The highest BCUT2D eigenvalue weighted by atomic mass is 32.2. The molecule has 0 aliphatic carbocycles. The van der Waals surface area contributed by atoms with Crippen LogP contribution in [0.5, 0.6) is 0 Å².